The van der Waals surface area contributed by atoms with Crippen molar-refractivity contribution in [2.24, 2.45) is 5.92 Å². The van der Waals surface area contributed by atoms with Gasteiger partial charge in [-0.15, -0.1) is 0 Å². The van der Waals surface area contributed by atoms with E-state index >= 15 is 0 Å². The number of piperazine rings is 1. The van der Waals surface area contributed by atoms with Crippen LogP contribution in [0.15, 0.2) is 42.5 Å². The molecular formula is C24H29FN4O2. The molecule has 1 atom stereocenters. The van der Waals surface area contributed by atoms with Crippen LogP contribution in [0.25, 0.3) is 0 Å². The molecule has 2 aliphatic rings. The summed E-state index contributed by atoms with van der Waals surface area (Å²) in [5.74, 6) is 0.749. The number of carbonyl (C=O) groups excluding carboxylic acids is 2. The molecule has 2 fully saturated rings. The van der Waals surface area contributed by atoms with Crippen molar-refractivity contribution in [2.75, 3.05) is 44.2 Å². The van der Waals surface area contributed by atoms with E-state index in [2.05, 4.69) is 9.88 Å². The molecule has 6 nitrogen and oxygen atoms in total. The van der Waals surface area contributed by atoms with Crippen LogP contribution in [-0.4, -0.2) is 65.9 Å². The number of carbonyl (C=O) groups is 2. The molecule has 0 radical (unpaired) electrons. The van der Waals surface area contributed by atoms with Crippen LogP contribution in [0, 0.1) is 18.7 Å². The molecule has 2 aliphatic heterocycles. The van der Waals surface area contributed by atoms with Gasteiger partial charge in [0.1, 0.15) is 11.6 Å². The molecule has 0 aliphatic carbocycles. The molecule has 2 aromatic rings. The highest BCUT2D eigenvalue weighted by molar-refractivity contribution is 5.84. The Labute approximate surface area is 182 Å². The summed E-state index contributed by atoms with van der Waals surface area (Å²) in [5.41, 5.74) is 1.85. The Balaban J connectivity index is 1.31. The third-order valence-electron chi connectivity index (χ3n) is 6.20. The van der Waals surface area contributed by atoms with Crippen molar-refractivity contribution in [1.29, 1.82) is 0 Å². The second-order valence-corrected chi connectivity index (χ2v) is 8.40. The van der Waals surface area contributed by atoms with Crippen molar-refractivity contribution in [3.63, 3.8) is 0 Å². The molecule has 164 valence electrons. The number of aromatic nitrogens is 1. The van der Waals surface area contributed by atoms with Crippen LogP contribution in [0.5, 0.6) is 0 Å². The van der Waals surface area contributed by atoms with E-state index in [0.29, 0.717) is 45.4 Å². The van der Waals surface area contributed by atoms with Crippen molar-refractivity contribution < 1.29 is 14.0 Å². The fourth-order valence-corrected chi connectivity index (χ4v) is 4.41. The molecule has 4 rings (SSSR count). The van der Waals surface area contributed by atoms with Gasteiger partial charge in [-0.25, -0.2) is 9.37 Å². The van der Waals surface area contributed by atoms with Gasteiger partial charge in [0.05, 0.1) is 5.92 Å². The van der Waals surface area contributed by atoms with E-state index < -0.39 is 0 Å². The average molecular weight is 425 g/mol. The van der Waals surface area contributed by atoms with Crippen LogP contribution in [-0.2, 0) is 16.0 Å². The summed E-state index contributed by atoms with van der Waals surface area (Å²) < 4.78 is 13.4. The number of rotatable bonds is 5. The Morgan fingerprint density at radius 1 is 1.13 bits per heavy atom. The number of hydrogen-bond acceptors (Lipinski definition) is 4. The standard InChI is InChI=1S/C24H29FN4O2/c1-18-4-2-7-22(26-18)27-12-14-28(15-13-27)24(31)20-8-9-23(30)29(17-20)11-10-19-5-3-6-21(25)16-19/h2-7,16,20H,8-15,17H2,1H3/t20-/m0/s1. The molecule has 0 unspecified atom stereocenters. The van der Waals surface area contributed by atoms with Gasteiger partial charge in [0.25, 0.3) is 0 Å². The summed E-state index contributed by atoms with van der Waals surface area (Å²) in [4.78, 5) is 36.0. The van der Waals surface area contributed by atoms with Crippen molar-refractivity contribution in [2.45, 2.75) is 26.2 Å². The van der Waals surface area contributed by atoms with Crippen LogP contribution >= 0.6 is 0 Å². The number of anilines is 1. The number of amides is 2. The fraction of sp³-hybridized carbons (Fsp3) is 0.458. The topological polar surface area (TPSA) is 56.8 Å². The van der Waals surface area contributed by atoms with Crippen molar-refractivity contribution in [1.82, 2.24) is 14.8 Å². The van der Waals surface area contributed by atoms with Crippen LogP contribution in [0.1, 0.15) is 24.1 Å². The summed E-state index contributed by atoms with van der Waals surface area (Å²) >= 11 is 0. The molecule has 1 aromatic carbocycles. The Morgan fingerprint density at radius 3 is 2.65 bits per heavy atom. The highest BCUT2D eigenvalue weighted by Gasteiger charge is 2.33. The van der Waals surface area contributed by atoms with Gasteiger partial charge in [0, 0.05) is 51.4 Å². The first-order chi connectivity index (χ1) is 15.0. The lowest BCUT2D eigenvalue weighted by molar-refractivity contribution is -0.143. The lowest BCUT2D eigenvalue weighted by Crippen LogP contribution is -2.53. The number of halogens is 1. The third kappa shape index (κ3) is 5.21. The number of likely N-dealkylation sites (tertiary alicyclic amines) is 1. The lowest BCUT2D eigenvalue weighted by Gasteiger charge is -2.39. The van der Waals surface area contributed by atoms with Gasteiger partial charge in [-0.3, -0.25) is 9.59 Å². The highest BCUT2D eigenvalue weighted by atomic mass is 19.1. The van der Waals surface area contributed by atoms with Gasteiger partial charge < -0.3 is 14.7 Å². The molecule has 31 heavy (non-hydrogen) atoms. The normalized spacial score (nSPS) is 19.6. The van der Waals surface area contributed by atoms with Gasteiger partial charge in [-0.1, -0.05) is 18.2 Å². The minimum absolute atomic E-state index is 0.0794. The predicted molar refractivity (Wildman–Crippen MR) is 117 cm³/mol. The summed E-state index contributed by atoms with van der Waals surface area (Å²) in [6, 6.07) is 12.5. The van der Waals surface area contributed by atoms with Crippen LogP contribution in [0.4, 0.5) is 10.2 Å². The van der Waals surface area contributed by atoms with E-state index in [-0.39, 0.29) is 23.5 Å². The molecule has 0 bridgehead atoms. The number of hydrogen-bond donors (Lipinski definition) is 0. The largest absolute Gasteiger partial charge is 0.353 e. The van der Waals surface area contributed by atoms with E-state index in [1.807, 2.05) is 36.1 Å². The maximum atomic E-state index is 13.4. The first-order valence-corrected chi connectivity index (χ1v) is 11.0. The first kappa shape index (κ1) is 21.3. The second kappa shape index (κ2) is 9.45. The second-order valence-electron chi connectivity index (χ2n) is 8.40. The van der Waals surface area contributed by atoms with E-state index in [0.717, 1.165) is 30.2 Å². The summed E-state index contributed by atoms with van der Waals surface area (Å²) in [7, 11) is 0. The van der Waals surface area contributed by atoms with Crippen molar-refractivity contribution >= 4 is 17.6 Å². The number of nitrogens with zero attached hydrogens (tertiary/aromatic N) is 4. The molecule has 3 heterocycles. The fourth-order valence-electron chi connectivity index (χ4n) is 4.41. The maximum absolute atomic E-state index is 13.4. The first-order valence-electron chi connectivity index (χ1n) is 11.0. The number of benzene rings is 1. The molecule has 0 saturated carbocycles. The number of aryl methyl sites for hydroxylation is 1. The van der Waals surface area contributed by atoms with Gasteiger partial charge in [0.2, 0.25) is 11.8 Å². The summed E-state index contributed by atoms with van der Waals surface area (Å²) in [5, 5.41) is 0. The zero-order valence-electron chi connectivity index (χ0n) is 18.0. The summed E-state index contributed by atoms with van der Waals surface area (Å²) in [6.45, 7) is 5.80. The molecule has 1 aromatic heterocycles. The van der Waals surface area contributed by atoms with E-state index in [1.54, 1.807) is 11.0 Å². The minimum atomic E-state index is -0.268. The quantitative estimate of drug-likeness (QED) is 0.741. The molecule has 0 N–H and O–H groups in total. The minimum Gasteiger partial charge on any atom is -0.353 e. The monoisotopic (exact) mass is 424 g/mol. The Hall–Kier alpha value is -2.96. The molecule has 2 amide bonds. The highest BCUT2D eigenvalue weighted by Crippen LogP contribution is 2.22. The Kier molecular flexibility index (Phi) is 6.49. The molecular weight excluding hydrogens is 395 g/mol. The van der Waals surface area contributed by atoms with Crippen molar-refractivity contribution in [3.05, 3.63) is 59.5 Å². The molecule has 7 heteroatoms. The van der Waals surface area contributed by atoms with E-state index in [9.17, 15) is 14.0 Å². The van der Waals surface area contributed by atoms with Gasteiger partial charge in [-0.05, 0) is 49.6 Å². The van der Waals surface area contributed by atoms with Gasteiger partial charge in [0.15, 0.2) is 0 Å². The van der Waals surface area contributed by atoms with Crippen LogP contribution < -0.4 is 4.90 Å². The predicted octanol–water partition coefficient (Wildman–Crippen LogP) is 2.66. The van der Waals surface area contributed by atoms with Crippen LogP contribution in [0.2, 0.25) is 0 Å². The van der Waals surface area contributed by atoms with E-state index in [1.165, 1.54) is 12.1 Å². The van der Waals surface area contributed by atoms with Gasteiger partial charge >= 0.3 is 0 Å². The lowest BCUT2D eigenvalue weighted by atomic mass is 9.95. The Bertz CT molecular complexity index is 943. The average Bonchev–Trinajstić information content (AvgIpc) is 2.78. The van der Waals surface area contributed by atoms with Crippen molar-refractivity contribution in [3.8, 4) is 0 Å². The maximum Gasteiger partial charge on any atom is 0.227 e. The summed E-state index contributed by atoms with van der Waals surface area (Å²) in [6.07, 6.45) is 1.59. The number of pyridine rings is 1. The smallest absolute Gasteiger partial charge is 0.227 e. The molecule has 2 saturated heterocycles. The SMILES string of the molecule is Cc1cccc(N2CCN(C(=O)[C@H]3CCC(=O)N(CCc4cccc(F)c4)C3)CC2)n1. The number of piperidine rings is 1. The van der Waals surface area contributed by atoms with Gasteiger partial charge in [-0.2, -0.15) is 0 Å². The third-order valence-corrected chi connectivity index (χ3v) is 6.20. The van der Waals surface area contributed by atoms with Crippen LogP contribution in [0.3, 0.4) is 0 Å². The molecule has 0 spiro atoms. The zero-order chi connectivity index (χ0) is 21.8. The van der Waals surface area contributed by atoms with E-state index in [4.69, 9.17) is 0 Å². The zero-order valence-corrected chi connectivity index (χ0v) is 18.0. The Morgan fingerprint density at radius 2 is 1.90 bits per heavy atom.